The lowest BCUT2D eigenvalue weighted by atomic mass is 10.0. The lowest BCUT2D eigenvalue weighted by Crippen LogP contribution is -2.12. The van der Waals surface area contributed by atoms with Crippen LogP contribution in [0.15, 0.2) is 78.6 Å². The molecule has 8 nitrogen and oxygen atoms in total. The van der Waals surface area contributed by atoms with Gasteiger partial charge in [-0.2, -0.15) is 5.10 Å². The van der Waals surface area contributed by atoms with Crippen molar-refractivity contribution in [1.29, 1.82) is 0 Å². The summed E-state index contributed by atoms with van der Waals surface area (Å²) in [6.45, 7) is 2.15. The summed E-state index contributed by atoms with van der Waals surface area (Å²) in [6, 6.07) is 18.0. The van der Waals surface area contributed by atoms with Gasteiger partial charge in [0, 0.05) is 47.0 Å². The highest BCUT2D eigenvalue weighted by molar-refractivity contribution is 7.17. The van der Waals surface area contributed by atoms with Crippen LogP contribution in [-0.4, -0.2) is 30.3 Å². The molecular weight excluding hydrogens is 494 g/mol. The maximum absolute atomic E-state index is 11.0. The molecule has 5 aromatic heterocycles. The van der Waals surface area contributed by atoms with Crippen LogP contribution in [0, 0.1) is 11.8 Å². The molecule has 4 N–H and O–H groups in total. The van der Waals surface area contributed by atoms with Crippen LogP contribution in [0.2, 0.25) is 0 Å². The Morgan fingerprint density at radius 2 is 1.89 bits per heavy atom. The number of pyridine rings is 2. The standard InChI is InChI=1S/C21H17N3S.C8H8N4O/c1-3-20-18(16-7-5-4-6-8-16)11-19-17(14-25-21(19)23-20)10-9-15-12-22-24(2)13-15;9-7-6(8(10)13)5-3-1-2-4-12(5)11-7/h4-8,11-14H,3H2,1-2H3;1-4H,(H2,9,11)(H2,10,13). The van der Waals surface area contributed by atoms with Crippen LogP contribution in [0.3, 0.4) is 0 Å². The normalized spacial score (nSPS) is 10.6. The van der Waals surface area contributed by atoms with Gasteiger partial charge < -0.3 is 11.5 Å². The molecule has 38 heavy (non-hydrogen) atoms. The van der Waals surface area contributed by atoms with Gasteiger partial charge >= 0.3 is 0 Å². The summed E-state index contributed by atoms with van der Waals surface area (Å²) in [5.41, 5.74) is 17.1. The maximum atomic E-state index is 11.0. The number of aromatic nitrogens is 5. The average molecular weight is 520 g/mol. The minimum atomic E-state index is -0.557. The number of aryl methyl sites for hydroxylation is 2. The molecule has 0 saturated heterocycles. The van der Waals surface area contributed by atoms with Crippen molar-refractivity contribution in [2.24, 2.45) is 12.8 Å². The van der Waals surface area contributed by atoms with Crippen molar-refractivity contribution in [3.05, 3.63) is 101 Å². The highest BCUT2D eigenvalue weighted by atomic mass is 32.1. The quantitative estimate of drug-likeness (QED) is 0.330. The fourth-order valence-corrected chi connectivity index (χ4v) is 5.00. The largest absolute Gasteiger partial charge is 0.382 e. The first-order chi connectivity index (χ1) is 18.4. The molecule has 9 heteroatoms. The Morgan fingerprint density at radius 1 is 1.11 bits per heavy atom. The van der Waals surface area contributed by atoms with Crippen LogP contribution in [0.1, 0.15) is 34.1 Å². The van der Waals surface area contributed by atoms with Gasteiger partial charge in [0.25, 0.3) is 5.91 Å². The van der Waals surface area contributed by atoms with Crippen LogP contribution < -0.4 is 11.5 Å². The summed E-state index contributed by atoms with van der Waals surface area (Å²) >= 11 is 1.65. The minimum absolute atomic E-state index is 0.165. The molecular formula is C29H25N7OS. The summed E-state index contributed by atoms with van der Waals surface area (Å²) in [7, 11) is 1.90. The van der Waals surface area contributed by atoms with Gasteiger partial charge in [0.2, 0.25) is 0 Å². The van der Waals surface area contributed by atoms with Gasteiger partial charge in [-0.1, -0.05) is 55.2 Å². The van der Waals surface area contributed by atoms with Crippen LogP contribution in [0.4, 0.5) is 5.82 Å². The van der Waals surface area contributed by atoms with Crippen molar-refractivity contribution in [2.45, 2.75) is 13.3 Å². The molecule has 0 saturated carbocycles. The zero-order valence-electron chi connectivity index (χ0n) is 20.9. The molecule has 1 aromatic carbocycles. The number of anilines is 1. The van der Waals surface area contributed by atoms with E-state index in [0.29, 0.717) is 5.52 Å². The second kappa shape index (κ2) is 10.6. The summed E-state index contributed by atoms with van der Waals surface area (Å²) in [6.07, 6.45) is 6.32. The van der Waals surface area contributed by atoms with E-state index in [2.05, 4.69) is 64.7 Å². The van der Waals surface area contributed by atoms with Gasteiger partial charge in [0.05, 0.1) is 17.3 Å². The molecule has 6 aromatic rings. The number of rotatable bonds is 3. The van der Waals surface area contributed by atoms with Crippen molar-refractivity contribution < 1.29 is 4.79 Å². The van der Waals surface area contributed by atoms with Gasteiger partial charge in [-0.3, -0.25) is 9.48 Å². The Balaban J connectivity index is 0.000000190. The third kappa shape index (κ3) is 4.98. The molecule has 0 spiro atoms. The number of fused-ring (bicyclic) bond motifs is 2. The Kier molecular flexibility index (Phi) is 6.89. The topological polar surface area (TPSA) is 117 Å². The Bertz CT molecular complexity index is 1820. The van der Waals surface area contributed by atoms with Gasteiger partial charge in [-0.15, -0.1) is 16.4 Å². The van der Waals surface area contributed by atoms with Crippen molar-refractivity contribution in [2.75, 3.05) is 5.73 Å². The number of hydrogen-bond donors (Lipinski definition) is 2. The monoisotopic (exact) mass is 519 g/mol. The van der Waals surface area contributed by atoms with E-state index in [9.17, 15) is 4.79 Å². The fraction of sp³-hybridized carbons (Fsp3) is 0.103. The number of benzene rings is 1. The number of primary amides is 1. The first kappa shape index (κ1) is 24.7. The van der Waals surface area contributed by atoms with E-state index in [4.69, 9.17) is 16.5 Å². The zero-order valence-corrected chi connectivity index (χ0v) is 21.7. The molecule has 0 atom stereocenters. The fourth-order valence-electron chi connectivity index (χ4n) is 4.12. The first-order valence-electron chi connectivity index (χ1n) is 11.9. The van der Waals surface area contributed by atoms with E-state index >= 15 is 0 Å². The van der Waals surface area contributed by atoms with E-state index in [-0.39, 0.29) is 11.4 Å². The van der Waals surface area contributed by atoms with Crippen molar-refractivity contribution in [3.8, 4) is 23.0 Å². The number of amides is 1. The molecule has 5 heterocycles. The summed E-state index contributed by atoms with van der Waals surface area (Å²) in [5.74, 6) is 6.08. The zero-order chi connectivity index (χ0) is 26.6. The lowest BCUT2D eigenvalue weighted by Gasteiger charge is -2.08. The Morgan fingerprint density at radius 3 is 2.61 bits per heavy atom. The van der Waals surface area contributed by atoms with Crippen LogP contribution >= 0.6 is 11.3 Å². The van der Waals surface area contributed by atoms with Crippen molar-refractivity contribution >= 4 is 38.8 Å². The molecule has 0 fully saturated rings. The molecule has 0 aliphatic rings. The SMILES string of the molecule is CCc1nc2scc(C#Cc3cnn(C)c3)c2cc1-c1ccccc1.NC(=O)c1c(N)nn2ccccc12. The number of nitrogens with two attached hydrogens (primary N) is 2. The minimum Gasteiger partial charge on any atom is -0.382 e. The van der Waals surface area contributed by atoms with E-state index in [1.165, 1.54) is 15.6 Å². The van der Waals surface area contributed by atoms with Crippen LogP contribution in [-0.2, 0) is 13.5 Å². The third-order valence-corrected chi connectivity index (χ3v) is 6.81. The van der Waals surface area contributed by atoms with Crippen LogP contribution in [0.5, 0.6) is 0 Å². The molecule has 0 aliphatic heterocycles. The third-order valence-electron chi connectivity index (χ3n) is 5.92. The van der Waals surface area contributed by atoms with E-state index in [1.54, 1.807) is 46.6 Å². The van der Waals surface area contributed by atoms with Gasteiger partial charge in [0.1, 0.15) is 10.4 Å². The predicted molar refractivity (Wildman–Crippen MR) is 152 cm³/mol. The first-order valence-corrected chi connectivity index (χ1v) is 12.8. The molecule has 6 rings (SSSR count). The average Bonchev–Trinajstić information content (AvgIpc) is 3.62. The number of nitrogens with zero attached hydrogens (tertiary/aromatic N) is 5. The predicted octanol–water partition coefficient (Wildman–Crippen LogP) is 4.67. The second-order valence-electron chi connectivity index (χ2n) is 8.51. The van der Waals surface area contributed by atoms with Crippen molar-refractivity contribution in [3.63, 3.8) is 0 Å². The highest BCUT2D eigenvalue weighted by Gasteiger charge is 2.14. The van der Waals surface area contributed by atoms with E-state index in [0.717, 1.165) is 33.5 Å². The van der Waals surface area contributed by atoms with Crippen molar-refractivity contribution in [1.82, 2.24) is 24.4 Å². The second-order valence-corrected chi connectivity index (χ2v) is 9.37. The molecule has 0 aliphatic carbocycles. The molecule has 0 radical (unpaired) electrons. The smallest absolute Gasteiger partial charge is 0.254 e. The molecule has 0 bridgehead atoms. The lowest BCUT2D eigenvalue weighted by molar-refractivity contribution is 0.100. The van der Waals surface area contributed by atoms with Crippen LogP contribution in [0.25, 0.3) is 26.9 Å². The van der Waals surface area contributed by atoms with Gasteiger partial charge in [-0.05, 0) is 30.2 Å². The number of hydrogen-bond acceptors (Lipinski definition) is 6. The number of nitrogen functional groups attached to an aromatic ring is 1. The number of thiophene rings is 1. The summed E-state index contributed by atoms with van der Waals surface area (Å²) < 4.78 is 3.29. The molecule has 188 valence electrons. The summed E-state index contributed by atoms with van der Waals surface area (Å²) in [5, 5.41) is 11.3. The Labute approximate surface area is 223 Å². The highest BCUT2D eigenvalue weighted by Crippen LogP contribution is 2.31. The molecule has 0 unspecified atom stereocenters. The molecule has 1 amide bonds. The maximum Gasteiger partial charge on any atom is 0.254 e. The van der Waals surface area contributed by atoms with E-state index in [1.807, 2.05) is 19.3 Å². The number of carbonyl (C=O) groups excluding carboxylic acids is 1. The van der Waals surface area contributed by atoms with E-state index < -0.39 is 5.91 Å². The Hall–Kier alpha value is -4.94. The number of carbonyl (C=O) groups is 1. The summed E-state index contributed by atoms with van der Waals surface area (Å²) in [4.78, 5) is 16.9. The van der Waals surface area contributed by atoms with Gasteiger partial charge in [-0.25, -0.2) is 9.50 Å². The van der Waals surface area contributed by atoms with Gasteiger partial charge in [0.15, 0.2) is 5.82 Å².